The van der Waals surface area contributed by atoms with E-state index in [2.05, 4.69) is 406 Å². The number of rotatable bonds is 12. The smallest absolute Gasteiger partial charge is 0.297 e. The molecule has 21 rings (SSSR count). The first-order valence-electron chi connectivity index (χ1n) is 35.6. The van der Waals surface area contributed by atoms with E-state index >= 15 is 0 Å². The van der Waals surface area contributed by atoms with Crippen molar-refractivity contribution in [3.8, 4) is 22.3 Å². The van der Waals surface area contributed by atoms with Crippen molar-refractivity contribution in [2.75, 3.05) is 29.4 Å². The van der Waals surface area contributed by atoms with Crippen molar-refractivity contribution in [2.45, 2.75) is 0 Å². The van der Waals surface area contributed by atoms with E-state index < -0.39 is 13.4 Å². The molecule has 0 atom stereocenters. The molecule has 0 saturated carbocycles. The second kappa shape index (κ2) is 24.0. The molecule has 0 fully saturated rings. The van der Waals surface area contributed by atoms with Crippen molar-refractivity contribution < 1.29 is 8.83 Å². The predicted molar refractivity (Wildman–Crippen MR) is 434 cm³/mol. The molecule has 4 aliphatic rings. The highest BCUT2D eigenvalue weighted by atomic mass is 16.3. The van der Waals surface area contributed by atoms with Gasteiger partial charge in [0.2, 0.25) is 0 Å². The first kappa shape index (κ1) is 59.2. The van der Waals surface area contributed by atoms with Crippen LogP contribution in [-0.4, -0.2) is 13.4 Å². The third-order valence-corrected chi connectivity index (χ3v) is 21.3. The number of hydrogen-bond acceptors (Lipinski definition) is 8. The quantitative estimate of drug-likeness (QED) is 0.112. The molecular formula is C94H62B2N6O2. The Labute approximate surface area is 603 Å². The lowest BCUT2D eigenvalue weighted by molar-refractivity contribution is 0.651. The average Bonchev–Trinajstić information content (AvgIpc) is 1.16. The molecule has 17 aromatic rings. The van der Waals surface area contributed by atoms with Crippen molar-refractivity contribution in [1.82, 2.24) is 0 Å². The summed E-state index contributed by atoms with van der Waals surface area (Å²) in [6.45, 7) is -0.895. The Hall–Kier alpha value is -13.7. The van der Waals surface area contributed by atoms with Crippen LogP contribution in [0.3, 0.4) is 0 Å². The summed E-state index contributed by atoms with van der Waals surface area (Å²) >= 11 is 0. The Morgan fingerprint density at radius 3 is 0.923 bits per heavy atom. The van der Waals surface area contributed by atoms with Gasteiger partial charge in [-0.2, -0.15) is 0 Å². The summed E-state index contributed by atoms with van der Waals surface area (Å²) in [4.78, 5) is 15.0. The SMILES string of the molecule is c1ccc(-c2cccc(-c3ccccc3)c2N2c3cc4c(cc3B3c5oc6ccccc6c5N(c5ccccc5)c5cc(N(c6ccccc6)c6ccccc6)cc2c53)B2c3oc5ccccc5c3N(c3ccccc3)c3cc(N(c5ccccc5)c5ccccc5)cc(c32)N4c2ccccc2)cc1. The third kappa shape index (κ3) is 9.21. The van der Waals surface area contributed by atoms with Crippen LogP contribution in [0.5, 0.6) is 0 Å². The van der Waals surface area contributed by atoms with E-state index in [4.69, 9.17) is 8.83 Å². The van der Waals surface area contributed by atoms with E-state index in [1.807, 2.05) is 0 Å². The van der Waals surface area contributed by atoms with Gasteiger partial charge in [-0.25, -0.2) is 0 Å². The van der Waals surface area contributed by atoms with E-state index in [1.54, 1.807) is 0 Å². The number of hydrogen-bond donors (Lipinski definition) is 0. The molecule has 0 saturated heterocycles. The number of para-hydroxylation sites is 10. The first-order valence-corrected chi connectivity index (χ1v) is 35.6. The molecule has 0 amide bonds. The molecule has 104 heavy (non-hydrogen) atoms. The van der Waals surface area contributed by atoms with Gasteiger partial charge >= 0.3 is 0 Å². The molecule has 2 aromatic heterocycles. The Morgan fingerprint density at radius 1 is 0.231 bits per heavy atom. The number of benzene rings is 15. The monoisotopic (exact) mass is 1330 g/mol. The maximum atomic E-state index is 7.72. The molecular weight excluding hydrogens is 1270 g/mol. The lowest BCUT2D eigenvalue weighted by Crippen LogP contribution is -2.65. The fourth-order valence-corrected chi connectivity index (χ4v) is 17.1. The summed E-state index contributed by atoms with van der Waals surface area (Å²) in [6, 6.07) is 137. The standard InChI is InChI=1S/C94H62B2N6O2/c1-10-33-63(34-11-1)74-53-32-54-75(64-35-12-2-13-36-64)90(74)102-81-62-80-78(61-79(81)96-89-84(101(71-49-26-9-27-50-71)92-77-52-29-31-56-87(77)104-94(92)96)59-73(60-85(89)102)98(67-41-18-5-19-42-67)68-43-20-6-21-44-68)95-88-82(99(80)69-45-22-7-23-46-69)57-72(97(65-37-14-3-15-38-65)66-39-16-4-17-40-66)58-83(88)100(70-47-24-8-25-48-70)91-76-51-28-30-55-86(76)103-93(91)95/h1-62H. The number of fused-ring (bicyclic) bond motifs is 12. The highest BCUT2D eigenvalue weighted by Crippen LogP contribution is 2.56. The first-order chi connectivity index (χ1) is 51.7. The maximum Gasteiger partial charge on any atom is 0.297 e. The topological polar surface area (TPSA) is 45.7 Å². The van der Waals surface area contributed by atoms with Gasteiger partial charge in [0, 0.05) is 95.8 Å². The zero-order valence-corrected chi connectivity index (χ0v) is 56.5. The van der Waals surface area contributed by atoms with Gasteiger partial charge in [0.25, 0.3) is 13.4 Å². The van der Waals surface area contributed by atoms with Crippen molar-refractivity contribution in [3.63, 3.8) is 0 Å². The van der Waals surface area contributed by atoms with E-state index in [0.29, 0.717) is 0 Å². The molecule has 0 aliphatic carbocycles. The van der Waals surface area contributed by atoms with Crippen molar-refractivity contribution in [2.24, 2.45) is 0 Å². The Bertz CT molecular complexity index is 6010. The van der Waals surface area contributed by atoms with Gasteiger partial charge in [0.1, 0.15) is 11.2 Å². The average molecular weight is 1330 g/mol. The Kier molecular flexibility index (Phi) is 13.7. The van der Waals surface area contributed by atoms with Crippen LogP contribution in [0.15, 0.2) is 385 Å². The summed E-state index contributed by atoms with van der Waals surface area (Å²) in [5.74, 6) is 0. The van der Waals surface area contributed by atoms with E-state index in [0.717, 1.165) is 180 Å². The minimum absolute atomic E-state index is 0.434. The second-order valence-corrected chi connectivity index (χ2v) is 27.0. The van der Waals surface area contributed by atoms with Gasteiger partial charge in [-0.05, 0) is 173 Å². The van der Waals surface area contributed by atoms with E-state index in [-0.39, 0.29) is 0 Å². The van der Waals surface area contributed by atoms with Gasteiger partial charge in [-0.15, -0.1) is 0 Å². The zero-order chi connectivity index (χ0) is 68.3. The van der Waals surface area contributed by atoms with Crippen LogP contribution in [0.4, 0.5) is 102 Å². The normalized spacial score (nSPS) is 12.9. The minimum Gasteiger partial charge on any atom is -0.468 e. The highest BCUT2D eigenvalue weighted by molar-refractivity contribution is 7.02. The van der Waals surface area contributed by atoms with Crippen LogP contribution < -0.4 is 62.6 Å². The van der Waals surface area contributed by atoms with Gasteiger partial charge in [-0.1, -0.05) is 237 Å². The van der Waals surface area contributed by atoms with Crippen LogP contribution in [-0.2, 0) is 0 Å². The number of furan rings is 2. The fraction of sp³-hybridized carbons (Fsp3) is 0. The van der Waals surface area contributed by atoms with Crippen LogP contribution in [0.1, 0.15) is 0 Å². The van der Waals surface area contributed by atoms with E-state index in [9.17, 15) is 0 Å². The Morgan fingerprint density at radius 2 is 0.538 bits per heavy atom. The van der Waals surface area contributed by atoms with Crippen LogP contribution >= 0.6 is 0 Å². The largest absolute Gasteiger partial charge is 0.468 e. The van der Waals surface area contributed by atoms with Gasteiger partial charge in [0.15, 0.2) is 0 Å². The summed E-state index contributed by atoms with van der Waals surface area (Å²) < 4.78 is 15.4. The summed E-state index contributed by atoms with van der Waals surface area (Å²) in [5, 5.41) is 2.06. The van der Waals surface area contributed by atoms with Crippen LogP contribution in [0, 0.1) is 0 Å². The Balaban J connectivity index is 0.947. The maximum absolute atomic E-state index is 7.72. The highest BCUT2D eigenvalue weighted by Gasteiger charge is 2.52. The minimum atomic E-state index is -0.461. The lowest BCUT2D eigenvalue weighted by atomic mass is 9.32. The molecule has 4 aliphatic heterocycles. The van der Waals surface area contributed by atoms with Crippen molar-refractivity contribution in [1.29, 1.82) is 0 Å². The van der Waals surface area contributed by atoms with Crippen LogP contribution in [0.25, 0.3) is 44.2 Å². The molecule has 8 nitrogen and oxygen atoms in total. The summed E-state index contributed by atoms with van der Waals surface area (Å²) in [6.07, 6.45) is 0. The predicted octanol–water partition coefficient (Wildman–Crippen LogP) is 21.6. The third-order valence-electron chi connectivity index (χ3n) is 21.3. The second-order valence-electron chi connectivity index (χ2n) is 27.0. The number of anilines is 18. The molecule has 0 bridgehead atoms. The molecule has 0 spiro atoms. The summed E-state index contributed by atoms with van der Waals surface area (Å²) in [5.41, 5.74) is 30.6. The van der Waals surface area contributed by atoms with Gasteiger partial charge < -0.3 is 38.2 Å². The molecule has 15 aromatic carbocycles. The molecule has 0 radical (unpaired) electrons. The van der Waals surface area contributed by atoms with Gasteiger partial charge in [0.05, 0.1) is 39.8 Å². The molecule has 0 unspecified atom stereocenters. The zero-order valence-electron chi connectivity index (χ0n) is 56.5. The number of nitrogens with zero attached hydrogens (tertiary/aromatic N) is 6. The van der Waals surface area contributed by atoms with Crippen molar-refractivity contribution in [3.05, 3.63) is 376 Å². The summed E-state index contributed by atoms with van der Waals surface area (Å²) in [7, 11) is 0. The molecule has 10 heteroatoms. The van der Waals surface area contributed by atoms with Crippen LogP contribution in [0.2, 0.25) is 0 Å². The fourth-order valence-electron chi connectivity index (χ4n) is 17.1. The molecule has 0 N–H and O–H groups in total. The lowest BCUT2D eigenvalue weighted by Gasteiger charge is -2.47. The molecule has 6 heterocycles. The van der Waals surface area contributed by atoms with Gasteiger partial charge in [-0.3, -0.25) is 0 Å². The molecule has 486 valence electrons. The van der Waals surface area contributed by atoms with Crippen molar-refractivity contribution >= 4 is 171 Å². The van der Waals surface area contributed by atoms with E-state index in [1.165, 1.54) is 0 Å².